The van der Waals surface area contributed by atoms with Gasteiger partial charge in [0, 0.05) is 29.9 Å². The van der Waals surface area contributed by atoms with Crippen molar-refractivity contribution in [2.75, 3.05) is 5.32 Å². The molecule has 1 aliphatic rings. The largest absolute Gasteiger partial charge is 0.381 e. The minimum absolute atomic E-state index is 0.0203. The van der Waals surface area contributed by atoms with Crippen LogP contribution in [0.25, 0.3) is 22.3 Å². The molecule has 1 fully saturated rings. The number of fused-ring (bicyclic) bond motifs is 1. The zero-order valence-corrected chi connectivity index (χ0v) is 16.6. The number of aromatic nitrogens is 4. The number of imide groups is 1. The Morgan fingerprint density at radius 1 is 0.969 bits per heavy atom. The minimum Gasteiger partial charge on any atom is -0.323 e. The number of amides is 2. The molecule has 32 heavy (non-hydrogen) atoms. The Labute approximate surface area is 181 Å². The summed E-state index contributed by atoms with van der Waals surface area (Å²) in [4.78, 5) is 49.8. The topological polar surface area (TPSA) is 130 Å². The van der Waals surface area contributed by atoms with Crippen molar-refractivity contribution in [3.05, 3.63) is 66.4 Å². The van der Waals surface area contributed by atoms with Crippen molar-refractivity contribution in [1.29, 1.82) is 0 Å². The summed E-state index contributed by atoms with van der Waals surface area (Å²) >= 11 is 0. The summed E-state index contributed by atoms with van der Waals surface area (Å²) in [7, 11) is 0. The van der Waals surface area contributed by atoms with Crippen molar-refractivity contribution in [3.8, 4) is 11.4 Å². The van der Waals surface area contributed by atoms with E-state index in [-0.39, 0.29) is 18.5 Å². The fourth-order valence-corrected chi connectivity index (χ4v) is 3.29. The Morgan fingerprint density at radius 3 is 2.47 bits per heavy atom. The van der Waals surface area contributed by atoms with Crippen LogP contribution in [0, 0.1) is 0 Å². The van der Waals surface area contributed by atoms with Gasteiger partial charge in [-0.2, -0.15) is 5.10 Å². The van der Waals surface area contributed by atoms with Gasteiger partial charge in [-0.25, -0.2) is 14.8 Å². The maximum Gasteiger partial charge on any atom is 0.381 e. The Bertz CT molecular complexity index is 1340. The van der Waals surface area contributed by atoms with Crippen LogP contribution in [0.15, 0.2) is 60.7 Å². The highest BCUT2D eigenvalue weighted by atomic mass is 16.7. The molecule has 0 bridgehead atoms. The van der Waals surface area contributed by atoms with E-state index in [1.165, 1.54) is 6.07 Å². The first kappa shape index (κ1) is 19.4. The molecule has 0 radical (unpaired) electrons. The molecule has 2 aromatic heterocycles. The molecule has 0 atom stereocenters. The van der Waals surface area contributed by atoms with Crippen LogP contribution in [-0.4, -0.2) is 43.0 Å². The van der Waals surface area contributed by atoms with Gasteiger partial charge in [-0.1, -0.05) is 42.5 Å². The molecule has 0 unspecified atom stereocenters. The van der Waals surface area contributed by atoms with E-state index >= 15 is 0 Å². The Morgan fingerprint density at radius 2 is 1.69 bits per heavy atom. The molecule has 1 saturated heterocycles. The summed E-state index contributed by atoms with van der Waals surface area (Å²) in [5.74, 6) is -0.659. The predicted molar refractivity (Wildman–Crippen MR) is 113 cm³/mol. The van der Waals surface area contributed by atoms with Crippen LogP contribution in [0.2, 0.25) is 0 Å². The van der Waals surface area contributed by atoms with Crippen molar-refractivity contribution in [2.24, 2.45) is 0 Å². The van der Waals surface area contributed by atoms with Gasteiger partial charge in [-0.15, -0.1) is 5.06 Å². The number of nitrogens with zero attached hydrogens (tertiary/aromatic N) is 4. The first-order valence-electron chi connectivity index (χ1n) is 9.81. The number of hydrogen-bond donors (Lipinski definition) is 2. The highest BCUT2D eigenvalue weighted by Crippen LogP contribution is 2.27. The number of carbonyl (C=O) groups is 3. The lowest BCUT2D eigenvalue weighted by molar-refractivity contribution is -0.172. The third kappa shape index (κ3) is 3.65. The van der Waals surface area contributed by atoms with E-state index in [9.17, 15) is 14.4 Å². The Kier molecular flexibility index (Phi) is 4.79. The van der Waals surface area contributed by atoms with Crippen molar-refractivity contribution < 1.29 is 19.2 Å². The fourth-order valence-electron chi connectivity index (χ4n) is 3.29. The second-order valence-corrected chi connectivity index (χ2v) is 7.03. The molecule has 2 N–H and O–H groups in total. The zero-order chi connectivity index (χ0) is 22.1. The molecule has 158 valence electrons. The van der Waals surface area contributed by atoms with E-state index in [1.54, 1.807) is 0 Å². The van der Waals surface area contributed by atoms with Gasteiger partial charge < -0.3 is 10.2 Å². The second kappa shape index (κ2) is 7.91. The summed E-state index contributed by atoms with van der Waals surface area (Å²) in [6.45, 7) is 0. The Balaban J connectivity index is 1.43. The molecule has 1 aliphatic heterocycles. The molecule has 0 spiro atoms. The highest BCUT2D eigenvalue weighted by Gasteiger charge is 2.33. The molecule has 10 heteroatoms. The normalized spacial score (nSPS) is 13.6. The van der Waals surface area contributed by atoms with Crippen LogP contribution in [0.1, 0.15) is 23.3 Å². The third-order valence-electron chi connectivity index (χ3n) is 4.86. The minimum atomic E-state index is -0.897. The second-order valence-electron chi connectivity index (χ2n) is 7.03. The first-order valence-corrected chi connectivity index (χ1v) is 9.81. The summed E-state index contributed by atoms with van der Waals surface area (Å²) in [5, 5.41) is 11.0. The summed E-state index contributed by atoms with van der Waals surface area (Å²) in [5.41, 5.74) is 1.57. The van der Waals surface area contributed by atoms with Crippen LogP contribution >= 0.6 is 0 Å². The lowest BCUT2D eigenvalue weighted by Crippen LogP contribution is -2.32. The van der Waals surface area contributed by atoms with Crippen LogP contribution in [0.4, 0.5) is 11.6 Å². The number of benzene rings is 2. The number of hydrogen-bond acceptors (Lipinski definition) is 8. The van der Waals surface area contributed by atoms with Gasteiger partial charge in [0.15, 0.2) is 11.6 Å². The number of anilines is 2. The van der Waals surface area contributed by atoms with E-state index < -0.39 is 17.8 Å². The summed E-state index contributed by atoms with van der Waals surface area (Å²) < 4.78 is 0. The van der Waals surface area contributed by atoms with Gasteiger partial charge in [0.1, 0.15) is 11.5 Å². The number of nitrogens with one attached hydrogen (secondary N) is 2. The van der Waals surface area contributed by atoms with Gasteiger partial charge in [0.2, 0.25) is 0 Å². The number of para-hydroxylation sites is 1. The molecular weight excluding hydrogens is 412 g/mol. The maximum absolute atomic E-state index is 12.3. The predicted octanol–water partition coefficient (Wildman–Crippen LogP) is 2.98. The lowest BCUT2D eigenvalue weighted by atomic mass is 10.2. The summed E-state index contributed by atoms with van der Waals surface area (Å²) in [6, 6.07) is 18.5. The van der Waals surface area contributed by atoms with E-state index in [2.05, 4.69) is 25.5 Å². The van der Waals surface area contributed by atoms with E-state index in [1.807, 2.05) is 54.6 Å². The van der Waals surface area contributed by atoms with E-state index in [0.717, 1.165) is 16.5 Å². The van der Waals surface area contributed by atoms with Crippen molar-refractivity contribution in [2.45, 2.75) is 12.8 Å². The third-order valence-corrected chi connectivity index (χ3v) is 4.86. The molecule has 2 amide bonds. The van der Waals surface area contributed by atoms with Crippen LogP contribution in [0.5, 0.6) is 0 Å². The van der Waals surface area contributed by atoms with E-state index in [0.29, 0.717) is 22.5 Å². The van der Waals surface area contributed by atoms with Crippen LogP contribution in [0.3, 0.4) is 0 Å². The number of carbonyl (C=O) groups excluding carboxylic acids is 3. The van der Waals surface area contributed by atoms with E-state index in [4.69, 9.17) is 4.84 Å². The van der Waals surface area contributed by atoms with Crippen molar-refractivity contribution in [1.82, 2.24) is 25.2 Å². The highest BCUT2D eigenvalue weighted by molar-refractivity contribution is 6.02. The monoisotopic (exact) mass is 428 g/mol. The Hall–Kier alpha value is -4.60. The SMILES string of the molecule is O=C(ON1C(=O)CCC1=O)c1cc(Nc2nc(-c3ccccc3)nc3ccccc23)n[nH]1. The smallest absolute Gasteiger partial charge is 0.323 e. The number of H-pyrrole nitrogens is 1. The van der Waals surface area contributed by atoms with Crippen LogP contribution < -0.4 is 5.32 Å². The maximum atomic E-state index is 12.3. The molecule has 0 saturated carbocycles. The van der Waals surface area contributed by atoms with Crippen molar-refractivity contribution >= 4 is 40.3 Å². The first-order chi connectivity index (χ1) is 15.6. The lowest BCUT2D eigenvalue weighted by Gasteiger charge is -2.11. The molecule has 2 aromatic carbocycles. The molecule has 10 nitrogen and oxygen atoms in total. The van der Waals surface area contributed by atoms with Gasteiger partial charge in [0.25, 0.3) is 11.8 Å². The molecule has 4 aromatic rings. The fraction of sp³-hybridized carbons (Fsp3) is 0.0909. The standard InChI is InChI=1S/C22H16N6O4/c29-18-10-11-19(30)28(18)32-22(31)16-12-17(27-26-16)24-21-14-8-4-5-9-15(14)23-20(25-21)13-6-2-1-3-7-13/h1-9,12H,10-11H2,(H2,23,24,25,26,27). The van der Waals surface area contributed by atoms with Gasteiger partial charge in [0.05, 0.1) is 5.52 Å². The molecule has 5 rings (SSSR count). The van der Waals surface area contributed by atoms with Gasteiger partial charge >= 0.3 is 5.97 Å². The number of aromatic amines is 1. The molecule has 0 aliphatic carbocycles. The zero-order valence-electron chi connectivity index (χ0n) is 16.6. The average molecular weight is 428 g/mol. The quantitative estimate of drug-likeness (QED) is 0.464. The number of rotatable bonds is 5. The van der Waals surface area contributed by atoms with Crippen molar-refractivity contribution in [3.63, 3.8) is 0 Å². The molecule has 3 heterocycles. The molecular formula is C22H16N6O4. The van der Waals surface area contributed by atoms with Gasteiger partial charge in [-0.3, -0.25) is 14.7 Å². The van der Waals surface area contributed by atoms with Gasteiger partial charge in [-0.05, 0) is 12.1 Å². The number of hydroxylamine groups is 2. The average Bonchev–Trinajstić information content (AvgIpc) is 3.41. The summed E-state index contributed by atoms with van der Waals surface area (Å²) in [6.07, 6.45) is 0.0405. The van der Waals surface area contributed by atoms with Crippen LogP contribution in [-0.2, 0) is 14.4 Å².